The van der Waals surface area contributed by atoms with Crippen molar-refractivity contribution in [3.63, 3.8) is 0 Å². The summed E-state index contributed by atoms with van der Waals surface area (Å²) in [6.45, 7) is 2.82. The Kier molecular flexibility index (Phi) is 5.16. The van der Waals surface area contributed by atoms with Gasteiger partial charge >= 0.3 is 0 Å². The maximum Gasteiger partial charge on any atom is 0.248 e. The first-order valence-electron chi connectivity index (χ1n) is 8.69. The Labute approximate surface area is 138 Å². The fourth-order valence-corrected chi connectivity index (χ4v) is 3.43. The maximum absolute atomic E-state index is 12.6. The molecule has 0 aliphatic carbocycles. The highest BCUT2D eigenvalue weighted by atomic mass is 16.2. The van der Waals surface area contributed by atoms with E-state index in [0.717, 1.165) is 51.0 Å². The van der Waals surface area contributed by atoms with Gasteiger partial charge in [-0.2, -0.15) is 0 Å². The third-order valence-electron chi connectivity index (χ3n) is 4.72. The number of hydrogen-bond donors (Lipinski definition) is 1. The maximum atomic E-state index is 12.6. The van der Waals surface area contributed by atoms with Crippen LogP contribution in [0.2, 0.25) is 0 Å². The Balaban J connectivity index is 1.64. The van der Waals surface area contributed by atoms with Crippen LogP contribution in [0.5, 0.6) is 0 Å². The molecule has 3 rings (SSSR count). The lowest BCUT2D eigenvalue weighted by atomic mass is 10.0. The minimum atomic E-state index is 0.0370. The predicted octanol–water partition coefficient (Wildman–Crippen LogP) is 2.16. The van der Waals surface area contributed by atoms with Crippen LogP contribution in [0.4, 0.5) is 5.69 Å². The molecule has 2 aliphatic rings. The molecule has 5 nitrogen and oxygen atoms in total. The van der Waals surface area contributed by atoms with E-state index in [2.05, 4.69) is 16.0 Å². The molecule has 0 bridgehead atoms. The molecular formula is C18H26N4O. The predicted molar refractivity (Wildman–Crippen MR) is 93.6 cm³/mol. The lowest BCUT2D eigenvalue weighted by Gasteiger charge is -2.29. The lowest BCUT2D eigenvalue weighted by Crippen LogP contribution is -2.40. The molecule has 0 aromatic heterocycles. The van der Waals surface area contributed by atoms with Crippen LogP contribution < -0.4 is 10.6 Å². The van der Waals surface area contributed by atoms with Crippen molar-refractivity contribution in [2.75, 3.05) is 31.1 Å². The van der Waals surface area contributed by atoms with Gasteiger partial charge in [0.15, 0.2) is 5.96 Å². The third kappa shape index (κ3) is 3.84. The van der Waals surface area contributed by atoms with Gasteiger partial charge in [-0.1, -0.05) is 31.0 Å². The number of guanidine groups is 1. The summed E-state index contributed by atoms with van der Waals surface area (Å²) in [5.41, 5.74) is 8.38. The molecular weight excluding hydrogens is 288 g/mol. The molecule has 5 heteroatoms. The first-order valence-corrected chi connectivity index (χ1v) is 8.69. The van der Waals surface area contributed by atoms with Gasteiger partial charge in [-0.25, -0.2) is 4.99 Å². The molecule has 1 fully saturated rings. The summed E-state index contributed by atoms with van der Waals surface area (Å²) in [6, 6.07) is 8.14. The Morgan fingerprint density at radius 3 is 2.57 bits per heavy atom. The normalized spacial score (nSPS) is 19.2. The molecule has 1 saturated heterocycles. The van der Waals surface area contributed by atoms with Crippen molar-refractivity contribution in [1.82, 2.24) is 4.90 Å². The first kappa shape index (κ1) is 15.8. The van der Waals surface area contributed by atoms with Crippen LogP contribution >= 0.6 is 0 Å². The minimum Gasteiger partial charge on any atom is -0.370 e. The molecule has 0 spiro atoms. The molecule has 2 heterocycles. The quantitative estimate of drug-likeness (QED) is 0.672. The molecule has 0 radical (unpaired) electrons. The van der Waals surface area contributed by atoms with E-state index in [4.69, 9.17) is 5.73 Å². The summed E-state index contributed by atoms with van der Waals surface area (Å²) >= 11 is 0. The van der Waals surface area contributed by atoms with Gasteiger partial charge < -0.3 is 15.5 Å². The summed E-state index contributed by atoms with van der Waals surface area (Å²) in [5, 5.41) is 0. The molecule has 1 aromatic rings. The van der Waals surface area contributed by atoms with E-state index in [9.17, 15) is 4.79 Å². The van der Waals surface area contributed by atoms with E-state index in [1.807, 2.05) is 23.1 Å². The summed E-state index contributed by atoms with van der Waals surface area (Å²) in [6.07, 6.45) is 6.88. The number of carbonyl (C=O) groups is 1. The lowest BCUT2D eigenvalue weighted by molar-refractivity contribution is -0.117. The van der Waals surface area contributed by atoms with Crippen LogP contribution in [0.15, 0.2) is 29.3 Å². The van der Waals surface area contributed by atoms with Crippen LogP contribution in [0.25, 0.3) is 0 Å². The molecule has 1 amide bonds. The number of likely N-dealkylation sites (tertiary alicyclic amines) is 1. The monoisotopic (exact) mass is 314 g/mol. The van der Waals surface area contributed by atoms with Crippen LogP contribution in [0.1, 0.15) is 37.7 Å². The van der Waals surface area contributed by atoms with Crippen molar-refractivity contribution >= 4 is 17.6 Å². The van der Waals surface area contributed by atoms with Gasteiger partial charge in [0, 0.05) is 25.3 Å². The van der Waals surface area contributed by atoms with Gasteiger partial charge in [-0.15, -0.1) is 0 Å². The van der Waals surface area contributed by atoms with Crippen LogP contribution in [-0.4, -0.2) is 42.9 Å². The number of para-hydroxylation sites is 1. The second-order valence-electron chi connectivity index (χ2n) is 6.35. The SMILES string of the molecule is NC(=NCC(=O)N1CCCc2ccccc21)N1CCCCCC1. The van der Waals surface area contributed by atoms with Gasteiger partial charge in [0.2, 0.25) is 5.91 Å². The van der Waals surface area contributed by atoms with Crippen LogP contribution in [0, 0.1) is 0 Å². The third-order valence-corrected chi connectivity index (χ3v) is 4.72. The van der Waals surface area contributed by atoms with Crippen molar-refractivity contribution in [3.8, 4) is 0 Å². The molecule has 2 aliphatic heterocycles. The fourth-order valence-electron chi connectivity index (χ4n) is 3.43. The summed E-state index contributed by atoms with van der Waals surface area (Å²) in [4.78, 5) is 20.9. The topological polar surface area (TPSA) is 61.9 Å². The zero-order valence-electron chi connectivity index (χ0n) is 13.7. The standard InChI is InChI=1S/C18H26N4O/c19-18(21-11-5-1-2-6-12-21)20-14-17(23)22-13-7-9-15-8-3-4-10-16(15)22/h3-4,8,10H,1-2,5-7,9,11-14H2,(H2,19,20). The number of benzene rings is 1. The highest BCUT2D eigenvalue weighted by molar-refractivity contribution is 5.97. The van der Waals surface area contributed by atoms with E-state index < -0.39 is 0 Å². The van der Waals surface area contributed by atoms with E-state index in [-0.39, 0.29) is 12.5 Å². The number of aliphatic imine (C=N–C) groups is 1. The summed E-state index contributed by atoms with van der Waals surface area (Å²) in [5.74, 6) is 0.556. The minimum absolute atomic E-state index is 0.0370. The van der Waals surface area contributed by atoms with Crippen molar-refractivity contribution in [1.29, 1.82) is 0 Å². The number of hydrogen-bond acceptors (Lipinski definition) is 2. The van der Waals surface area contributed by atoms with Gasteiger partial charge in [0.25, 0.3) is 0 Å². The number of amides is 1. The molecule has 124 valence electrons. The fraction of sp³-hybridized carbons (Fsp3) is 0.556. The van der Waals surface area contributed by atoms with Gasteiger partial charge in [-0.3, -0.25) is 4.79 Å². The molecule has 1 aromatic carbocycles. The molecule has 23 heavy (non-hydrogen) atoms. The number of nitrogens with zero attached hydrogens (tertiary/aromatic N) is 3. The van der Waals surface area contributed by atoms with E-state index >= 15 is 0 Å². The molecule has 0 unspecified atom stereocenters. The molecule has 0 atom stereocenters. The first-order chi connectivity index (χ1) is 11.3. The van der Waals surface area contributed by atoms with Crippen molar-refractivity contribution in [2.45, 2.75) is 38.5 Å². The second kappa shape index (κ2) is 7.49. The average Bonchev–Trinajstić information content (AvgIpc) is 2.88. The average molecular weight is 314 g/mol. The van der Waals surface area contributed by atoms with E-state index in [0.29, 0.717) is 5.96 Å². The number of nitrogens with two attached hydrogens (primary N) is 1. The molecule has 0 saturated carbocycles. The van der Waals surface area contributed by atoms with Gasteiger partial charge in [0.1, 0.15) is 6.54 Å². The van der Waals surface area contributed by atoms with Gasteiger partial charge in [-0.05, 0) is 37.3 Å². The number of anilines is 1. The Morgan fingerprint density at radius 2 is 1.78 bits per heavy atom. The van der Waals surface area contributed by atoms with Gasteiger partial charge in [0.05, 0.1) is 0 Å². The highest BCUT2D eigenvalue weighted by Gasteiger charge is 2.22. The zero-order chi connectivity index (χ0) is 16.1. The summed E-state index contributed by atoms with van der Waals surface area (Å²) < 4.78 is 0. The largest absolute Gasteiger partial charge is 0.370 e. The Hall–Kier alpha value is -2.04. The van der Waals surface area contributed by atoms with Crippen LogP contribution in [0.3, 0.4) is 0 Å². The Bertz CT molecular complexity index is 576. The van der Waals surface area contributed by atoms with Crippen molar-refractivity contribution in [2.24, 2.45) is 10.7 Å². The highest BCUT2D eigenvalue weighted by Crippen LogP contribution is 2.26. The second-order valence-corrected chi connectivity index (χ2v) is 6.35. The zero-order valence-corrected chi connectivity index (χ0v) is 13.7. The van der Waals surface area contributed by atoms with E-state index in [1.54, 1.807) is 0 Å². The number of aryl methyl sites for hydroxylation is 1. The van der Waals surface area contributed by atoms with Crippen molar-refractivity contribution < 1.29 is 4.79 Å². The smallest absolute Gasteiger partial charge is 0.248 e. The van der Waals surface area contributed by atoms with E-state index in [1.165, 1.54) is 18.4 Å². The van der Waals surface area contributed by atoms with Crippen LogP contribution in [-0.2, 0) is 11.2 Å². The number of rotatable bonds is 2. The Morgan fingerprint density at radius 1 is 1.04 bits per heavy atom. The summed E-state index contributed by atoms with van der Waals surface area (Å²) in [7, 11) is 0. The van der Waals surface area contributed by atoms with Crippen molar-refractivity contribution in [3.05, 3.63) is 29.8 Å². The molecule has 2 N–H and O–H groups in total. The number of fused-ring (bicyclic) bond motifs is 1. The number of carbonyl (C=O) groups excluding carboxylic acids is 1.